The molecule has 0 bridgehead atoms. The second-order valence-corrected chi connectivity index (χ2v) is 12.7. The Morgan fingerprint density at radius 1 is 1.22 bits per heavy atom. The molecule has 3 aromatic rings. The van der Waals surface area contributed by atoms with Crippen LogP contribution in [0.4, 0.5) is 5.82 Å². The van der Waals surface area contributed by atoms with Gasteiger partial charge in [-0.3, -0.25) is 18.8 Å². The quantitative estimate of drug-likeness (QED) is 0.340. The number of hydrogen-bond acceptors (Lipinski definition) is 6. The lowest BCUT2D eigenvalue weighted by atomic mass is 10.0. The molecule has 222 valence electrons. The Morgan fingerprint density at radius 2 is 2.02 bits per heavy atom. The molecule has 9 nitrogen and oxygen atoms in total. The van der Waals surface area contributed by atoms with Gasteiger partial charge in [-0.25, -0.2) is 9.78 Å². The number of rotatable bonds is 10. The van der Waals surface area contributed by atoms with Gasteiger partial charge < -0.3 is 15.2 Å². The fraction of sp³-hybridized carbons (Fsp3) is 0.594. The van der Waals surface area contributed by atoms with Crippen molar-refractivity contribution in [2.75, 3.05) is 25.5 Å². The van der Waals surface area contributed by atoms with Crippen molar-refractivity contribution in [1.82, 2.24) is 19.0 Å². The lowest BCUT2D eigenvalue weighted by Crippen LogP contribution is -2.38. The molecule has 0 spiro atoms. The topological polar surface area (TPSA) is 102 Å². The first-order chi connectivity index (χ1) is 19.6. The van der Waals surface area contributed by atoms with Crippen molar-refractivity contribution in [3.8, 4) is 0 Å². The van der Waals surface area contributed by atoms with Crippen LogP contribution in [-0.2, 0) is 35.0 Å². The van der Waals surface area contributed by atoms with Crippen LogP contribution in [0.3, 0.4) is 0 Å². The molecule has 1 fully saturated rings. The zero-order valence-electron chi connectivity index (χ0n) is 25.2. The van der Waals surface area contributed by atoms with Crippen LogP contribution >= 0.6 is 0 Å². The van der Waals surface area contributed by atoms with E-state index in [1.807, 2.05) is 50.9 Å². The average Bonchev–Trinajstić information content (AvgIpc) is 3.51. The highest BCUT2D eigenvalue weighted by Gasteiger charge is 2.37. The van der Waals surface area contributed by atoms with Crippen molar-refractivity contribution >= 4 is 22.8 Å². The van der Waals surface area contributed by atoms with Gasteiger partial charge in [-0.15, -0.1) is 0 Å². The molecule has 0 saturated heterocycles. The molecule has 1 aliphatic carbocycles. The zero-order chi connectivity index (χ0) is 29.3. The number of unbranched alkanes of at least 4 members (excludes halogenated alkanes) is 1. The highest BCUT2D eigenvalue weighted by Crippen LogP contribution is 2.35. The summed E-state index contributed by atoms with van der Waals surface area (Å²) >= 11 is 0. The molecule has 2 aliphatic rings. The molecule has 41 heavy (non-hydrogen) atoms. The van der Waals surface area contributed by atoms with Crippen LogP contribution in [0.5, 0.6) is 0 Å². The summed E-state index contributed by atoms with van der Waals surface area (Å²) in [4.78, 5) is 32.6. The van der Waals surface area contributed by atoms with Crippen LogP contribution in [0.2, 0.25) is 0 Å². The first-order valence-electron chi connectivity index (χ1n) is 15.1. The normalized spacial score (nSPS) is 19.9. The van der Waals surface area contributed by atoms with Crippen LogP contribution in [0, 0.1) is 0 Å². The minimum atomic E-state index is -0.911. The maximum atomic E-state index is 13.2. The number of fused-ring (bicyclic) bond motifs is 2. The highest BCUT2D eigenvalue weighted by atomic mass is 16.5. The van der Waals surface area contributed by atoms with E-state index >= 15 is 0 Å². The first-order valence-corrected chi connectivity index (χ1v) is 15.1. The number of aliphatic carboxylic acids is 1. The van der Waals surface area contributed by atoms with Gasteiger partial charge in [0.2, 0.25) is 0 Å². The summed E-state index contributed by atoms with van der Waals surface area (Å²) < 4.78 is 9.59. The van der Waals surface area contributed by atoms with Crippen molar-refractivity contribution in [3.05, 3.63) is 57.6 Å². The summed E-state index contributed by atoms with van der Waals surface area (Å²) in [6.45, 7) is 7.67. The van der Waals surface area contributed by atoms with Crippen molar-refractivity contribution in [2.45, 2.75) is 95.9 Å². The van der Waals surface area contributed by atoms with Gasteiger partial charge >= 0.3 is 11.7 Å². The number of pyridine rings is 1. The number of aryl methyl sites for hydroxylation is 3. The molecular weight excluding hydrogens is 518 g/mol. The van der Waals surface area contributed by atoms with Crippen molar-refractivity contribution in [2.24, 2.45) is 7.05 Å². The number of nitrogens with zero attached hydrogens (tertiary/aromatic N) is 4. The molecule has 1 aliphatic heterocycles. The lowest BCUT2D eigenvalue weighted by molar-refractivity contribution is -0.144. The van der Waals surface area contributed by atoms with Gasteiger partial charge in [-0.05, 0) is 96.9 Å². The minimum absolute atomic E-state index is 0.0882. The molecule has 1 aromatic carbocycles. The predicted molar refractivity (Wildman–Crippen MR) is 162 cm³/mol. The van der Waals surface area contributed by atoms with Crippen molar-refractivity contribution < 1.29 is 14.6 Å². The SMILES string of the molecule is CN([C@H]1CC[C@H](OCCCCc2ccc3c(n2)NCCC3)C1)[C@@H](C(=O)O)c1cccc2c1n(C)c(=O)n2C(C)(C)C. The van der Waals surface area contributed by atoms with Gasteiger partial charge in [0, 0.05) is 43.0 Å². The van der Waals surface area contributed by atoms with Crippen LogP contribution in [-0.4, -0.2) is 62.4 Å². The second kappa shape index (κ2) is 12.0. The van der Waals surface area contributed by atoms with Gasteiger partial charge in [0.1, 0.15) is 11.9 Å². The van der Waals surface area contributed by atoms with Crippen LogP contribution in [0.25, 0.3) is 11.0 Å². The number of carboxylic acid groups (broad SMARTS) is 1. The Kier molecular flexibility index (Phi) is 8.57. The van der Waals surface area contributed by atoms with E-state index in [0.717, 1.165) is 68.5 Å². The number of aromatic nitrogens is 3. The summed E-state index contributed by atoms with van der Waals surface area (Å²) in [5.41, 5.74) is 3.97. The van der Waals surface area contributed by atoms with Crippen LogP contribution in [0.1, 0.15) is 82.2 Å². The van der Waals surface area contributed by atoms with E-state index in [-0.39, 0.29) is 17.8 Å². The van der Waals surface area contributed by atoms with E-state index < -0.39 is 17.6 Å². The Morgan fingerprint density at radius 3 is 2.78 bits per heavy atom. The van der Waals surface area contributed by atoms with Gasteiger partial charge in [-0.1, -0.05) is 18.2 Å². The van der Waals surface area contributed by atoms with Crippen LogP contribution < -0.4 is 11.0 Å². The number of benzene rings is 1. The number of imidazole rings is 1. The molecule has 3 atom stereocenters. The lowest BCUT2D eigenvalue weighted by Gasteiger charge is -2.31. The van der Waals surface area contributed by atoms with E-state index in [0.29, 0.717) is 17.7 Å². The van der Waals surface area contributed by atoms with Gasteiger partial charge in [-0.2, -0.15) is 0 Å². The van der Waals surface area contributed by atoms with E-state index in [1.165, 1.54) is 12.0 Å². The molecule has 5 rings (SSSR count). The first kappa shape index (κ1) is 29.3. The highest BCUT2D eigenvalue weighted by molar-refractivity contribution is 5.87. The number of anilines is 1. The Bertz CT molecular complexity index is 1450. The van der Waals surface area contributed by atoms with Crippen LogP contribution in [0.15, 0.2) is 35.1 Å². The molecular formula is C32H45N5O4. The summed E-state index contributed by atoms with van der Waals surface area (Å²) in [7, 11) is 3.62. The number of para-hydroxylation sites is 1. The molecule has 1 saturated carbocycles. The number of hydrogen-bond donors (Lipinski definition) is 2. The van der Waals surface area contributed by atoms with Crippen molar-refractivity contribution in [3.63, 3.8) is 0 Å². The molecule has 0 amide bonds. The molecule has 3 heterocycles. The molecule has 9 heteroatoms. The Balaban J connectivity index is 1.19. The molecule has 2 N–H and O–H groups in total. The van der Waals surface area contributed by atoms with Gasteiger partial charge in [0.25, 0.3) is 0 Å². The van der Waals surface area contributed by atoms with E-state index in [9.17, 15) is 14.7 Å². The summed E-state index contributed by atoms with van der Waals surface area (Å²) in [6, 6.07) is 9.20. The summed E-state index contributed by atoms with van der Waals surface area (Å²) in [5.74, 6) is 0.141. The number of ether oxygens (including phenoxy) is 1. The maximum absolute atomic E-state index is 13.2. The molecule has 2 aromatic heterocycles. The summed E-state index contributed by atoms with van der Waals surface area (Å²) in [5, 5.41) is 13.8. The van der Waals surface area contributed by atoms with Gasteiger partial charge in [0.15, 0.2) is 0 Å². The fourth-order valence-corrected chi connectivity index (χ4v) is 6.65. The third-order valence-electron chi connectivity index (χ3n) is 8.77. The monoisotopic (exact) mass is 563 g/mol. The van der Waals surface area contributed by atoms with Crippen molar-refractivity contribution in [1.29, 1.82) is 0 Å². The standard InChI is InChI=1S/C32H45N5O4/c1-32(2,3)37-26-13-8-12-25(27(26)36(5)31(37)40)28(30(38)39)35(4)23-16-17-24(20-23)41-19-7-6-11-22-15-14-21-10-9-18-33-29(21)34-22/h8,12-15,23-24,28H,6-7,9-11,16-20H2,1-5H3,(H,33,34)(H,38,39)/t23-,24-,28+/m0/s1. The summed E-state index contributed by atoms with van der Waals surface area (Å²) in [6.07, 6.45) is 7.96. The number of carboxylic acids is 1. The number of nitrogens with one attached hydrogen (secondary N) is 1. The average molecular weight is 564 g/mol. The second-order valence-electron chi connectivity index (χ2n) is 12.7. The third kappa shape index (κ3) is 6.06. The number of carbonyl (C=O) groups is 1. The molecule has 0 radical (unpaired) electrons. The maximum Gasteiger partial charge on any atom is 0.329 e. The van der Waals surface area contributed by atoms with E-state index in [4.69, 9.17) is 9.72 Å². The van der Waals surface area contributed by atoms with E-state index in [1.54, 1.807) is 16.2 Å². The fourth-order valence-electron chi connectivity index (χ4n) is 6.65. The predicted octanol–water partition coefficient (Wildman–Crippen LogP) is 4.87. The number of likely N-dealkylation sites (N-methyl/N-ethyl adjacent to an activating group) is 1. The molecule has 0 unspecified atom stereocenters. The third-order valence-corrected chi connectivity index (χ3v) is 8.77. The van der Waals surface area contributed by atoms with Gasteiger partial charge in [0.05, 0.1) is 17.1 Å². The smallest absolute Gasteiger partial charge is 0.329 e. The Labute approximate surface area is 242 Å². The largest absolute Gasteiger partial charge is 0.480 e. The van der Waals surface area contributed by atoms with E-state index in [2.05, 4.69) is 17.4 Å². The minimum Gasteiger partial charge on any atom is -0.480 e. The zero-order valence-corrected chi connectivity index (χ0v) is 25.2. The Hall–Kier alpha value is -3.17.